The number of benzene rings is 1. The van der Waals surface area contributed by atoms with Crippen LogP contribution in [0, 0.1) is 0 Å². The lowest BCUT2D eigenvalue weighted by Crippen LogP contribution is -1.87. The molecule has 0 bridgehead atoms. The van der Waals surface area contributed by atoms with Gasteiger partial charge in [0.1, 0.15) is 0 Å². The molecule has 2 rings (SSSR count). The Kier molecular flexibility index (Phi) is 3.07. The zero-order chi connectivity index (χ0) is 11.5. The number of hydrogen-bond acceptors (Lipinski definition) is 1. The molecule has 2 heteroatoms. The maximum Gasteiger partial charge on any atom is 0.0717 e. The smallest absolute Gasteiger partial charge is 0.0717 e. The SMILES string of the molecule is C=C(C)c1cnc(-c2ccccc2)cc1Cl. The minimum atomic E-state index is 0.696. The van der Waals surface area contributed by atoms with E-state index in [1.54, 1.807) is 6.20 Å². The number of hydrogen-bond donors (Lipinski definition) is 0. The van der Waals surface area contributed by atoms with Gasteiger partial charge in [0.2, 0.25) is 0 Å². The van der Waals surface area contributed by atoms with Crippen LogP contribution in [0.2, 0.25) is 5.02 Å². The van der Waals surface area contributed by atoms with Gasteiger partial charge in [-0.1, -0.05) is 48.5 Å². The summed E-state index contributed by atoms with van der Waals surface area (Å²) in [5.41, 5.74) is 3.78. The predicted octanol–water partition coefficient (Wildman–Crippen LogP) is 4.44. The summed E-state index contributed by atoms with van der Waals surface area (Å²) in [4.78, 5) is 4.39. The summed E-state index contributed by atoms with van der Waals surface area (Å²) in [6.07, 6.45) is 1.77. The minimum absolute atomic E-state index is 0.696. The lowest BCUT2D eigenvalue weighted by Gasteiger charge is -2.05. The van der Waals surface area contributed by atoms with Crippen LogP contribution in [-0.2, 0) is 0 Å². The van der Waals surface area contributed by atoms with E-state index in [0.29, 0.717) is 5.02 Å². The van der Waals surface area contributed by atoms with Crippen molar-refractivity contribution < 1.29 is 0 Å². The molecule has 0 amide bonds. The van der Waals surface area contributed by atoms with Crippen molar-refractivity contribution in [3.05, 3.63) is 59.8 Å². The number of halogens is 1. The second-order valence-corrected chi connectivity index (χ2v) is 4.10. The summed E-state index contributed by atoms with van der Waals surface area (Å²) in [5.74, 6) is 0. The van der Waals surface area contributed by atoms with Crippen molar-refractivity contribution in [2.75, 3.05) is 0 Å². The molecule has 0 spiro atoms. The first kappa shape index (κ1) is 10.9. The Morgan fingerprint density at radius 1 is 1.25 bits per heavy atom. The predicted molar refractivity (Wildman–Crippen MR) is 69.4 cm³/mol. The second-order valence-electron chi connectivity index (χ2n) is 3.70. The summed E-state index contributed by atoms with van der Waals surface area (Å²) in [6.45, 7) is 5.79. The van der Waals surface area contributed by atoms with Gasteiger partial charge in [-0.25, -0.2) is 0 Å². The molecular weight excluding hydrogens is 218 g/mol. The van der Waals surface area contributed by atoms with Crippen LogP contribution in [0.5, 0.6) is 0 Å². The van der Waals surface area contributed by atoms with Crippen molar-refractivity contribution in [2.45, 2.75) is 6.92 Å². The summed E-state index contributed by atoms with van der Waals surface area (Å²) in [5, 5.41) is 0.696. The van der Waals surface area contributed by atoms with Gasteiger partial charge in [0.05, 0.1) is 10.7 Å². The highest BCUT2D eigenvalue weighted by Gasteiger charge is 2.04. The fourth-order valence-corrected chi connectivity index (χ4v) is 1.83. The summed E-state index contributed by atoms with van der Waals surface area (Å²) in [6, 6.07) is 11.8. The van der Waals surface area contributed by atoms with Gasteiger partial charge in [-0.05, 0) is 18.6 Å². The van der Waals surface area contributed by atoms with Crippen molar-refractivity contribution in [1.82, 2.24) is 4.98 Å². The third-order valence-electron chi connectivity index (χ3n) is 2.38. The van der Waals surface area contributed by atoms with Crippen LogP contribution < -0.4 is 0 Å². The second kappa shape index (κ2) is 4.50. The van der Waals surface area contributed by atoms with Crippen molar-refractivity contribution in [2.24, 2.45) is 0 Å². The van der Waals surface area contributed by atoms with Gasteiger partial charge in [0.25, 0.3) is 0 Å². The summed E-state index contributed by atoms with van der Waals surface area (Å²) < 4.78 is 0. The molecule has 1 nitrogen and oxygen atoms in total. The fourth-order valence-electron chi connectivity index (χ4n) is 1.51. The zero-order valence-corrected chi connectivity index (χ0v) is 9.83. The molecule has 0 radical (unpaired) electrons. The highest BCUT2D eigenvalue weighted by molar-refractivity contribution is 6.32. The molecule has 1 aromatic heterocycles. The van der Waals surface area contributed by atoms with E-state index in [1.165, 1.54) is 0 Å². The first-order valence-electron chi connectivity index (χ1n) is 5.05. The third-order valence-corrected chi connectivity index (χ3v) is 2.70. The van der Waals surface area contributed by atoms with E-state index in [1.807, 2.05) is 43.3 Å². The number of rotatable bonds is 2. The van der Waals surface area contributed by atoms with Crippen LogP contribution in [0.3, 0.4) is 0 Å². The molecule has 2 aromatic rings. The number of allylic oxidation sites excluding steroid dienone is 1. The Labute approximate surface area is 100 Å². The molecule has 80 valence electrons. The van der Waals surface area contributed by atoms with Gasteiger partial charge in [0.15, 0.2) is 0 Å². The molecule has 1 aromatic carbocycles. The van der Waals surface area contributed by atoms with Crippen LogP contribution in [0.15, 0.2) is 49.2 Å². The van der Waals surface area contributed by atoms with E-state index in [2.05, 4.69) is 11.6 Å². The highest BCUT2D eigenvalue weighted by atomic mass is 35.5. The average Bonchev–Trinajstić information content (AvgIpc) is 2.29. The van der Waals surface area contributed by atoms with Gasteiger partial charge < -0.3 is 0 Å². The van der Waals surface area contributed by atoms with Crippen molar-refractivity contribution in [1.29, 1.82) is 0 Å². The first-order chi connectivity index (χ1) is 7.68. The van der Waals surface area contributed by atoms with E-state index in [0.717, 1.165) is 22.4 Å². The Morgan fingerprint density at radius 2 is 1.94 bits per heavy atom. The molecule has 0 aliphatic rings. The molecule has 0 atom stereocenters. The van der Waals surface area contributed by atoms with Crippen LogP contribution in [0.1, 0.15) is 12.5 Å². The third kappa shape index (κ3) is 2.15. The molecule has 0 saturated carbocycles. The van der Waals surface area contributed by atoms with E-state index in [4.69, 9.17) is 11.6 Å². The first-order valence-corrected chi connectivity index (χ1v) is 5.43. The Balaban J connectivity index is 2.46. The molecule has 0 fully saturated rings. The lowest BCUT2D eigenvalue weighted by molar-refractivity contribution is 1.30. The monoisotopic (exact) mass is 229 g/mol. The average molecular weight is 230 g/mol. The van der Waals surface area contributed by atoms with E-state index >= 15 is 0 Å². The van der Waals surface area contributed by atoms with Gasteiger partial charge in [-0.3, -0.25) is 4.98 Å². The van der Waals surface area contributed by atoms with Crippen LogP contribution in [0.4, 0.5) is 0 Å². The van der Waals surface area contributed by atoms with Crippen LogP contribution in [0.25, 0.3) is 16.8 Å². The largest absolute Gasteiger partial charge is 0.256 e. The molecule has 0 aliphatic heterocycles. The molecule has 0 aliphatic carbocycles. The van der Waals surface area contributed by atoms with E-state index in [9.17, 15) is 0 Å². The normalized spacial score (nSPS) is 10.1. The molecule has 1 heterocycles. The lowest BCUT2D eigenvalue weighted by atomic mass is 10.1. The Morgan fingerprint density at radius 3 is 2.50 bits per heavy atom. The quantitative estimate of drug-likeness (QED) is 0.742. The Bertz CT molecular complexity index is 518. The van der Waals surface area contributed by atoms with Crippen molar-refractivity contribution in [3.63, 3.8) is 0 Å². The topological polar surface area (TPSA) is 12.9 Å². The molecular formula is C14H12ClN. The molecule has 0 saturated heterocycles. The summed E-state index contributed by atoms with van der Waals surface area (Å²) >= 11 is 6.17. The maximum atomic E-state index is 6.17. The van der Waals surface area contributed by atoms with Crippen molar-refractivity contribution >= 4 is 17.2 Å². The maximum absolute atomic E-state index is 6.17. The fraction of sp³-hybridized carbons (Fsp3) is 0.0714. The van der Waals surface area contributed by atoms with Gasteiger partial charge in [-0.15, -0.1) is 0 Å². The number of pyridine rings is 1. The zero-order valence-electron chi connectivity index (χ0n) is 9.07. The van der Waals surface area contributed by atoms with Crippen molar-refractivity contribution in [3.8, 4) is 11.3 Å². The van der Waals surface area contributed by atoms with Gasteiger partial charge in [-0.2, -0.15) is 0 Å². The van der Waals surface area contributed by atoms with Crippen LogP contribution >= 0.6 is 11.6 Å². The van der Waals surface area contributed by atoms with Crippen LogP contribution in [-0.4, -0.2) is 4.98 Å². The standard InChI is InChI=1S/C14H12ClN/c1-10(2)12-9-16-14(8-13(12)15)11-6-4-3-5-7-11/h3-9H,1H2,2H3. The number of nitrogens with zero attached hydrogens (tertiary/aromatic N) is 1. The molecule has 0 unspecified atom stereocenters. The van der Waals surface area contributed by atoms with E-state index < -0.39 is 0 Å². The summed E-state index contributed by atoms with van der Waals surface area (Å²) in [7, 11) is 0. The highest BCUT2D eigenvalue weighted by Crippen LogP contribution is 2.26. The molecule has 0 N–H and O–H groups in total. The number of aromatic nitrogens is 1. The van der Waals surface area contributed by atoms with Gasteiger partial charge >= 0.3 is 0 Å². The molecule has 16 heavy (non-hydrogen) atoms. The Hall–Kier alpha value is -1.60. The van der Waals surface area contributed by atoms with E-state index in [-0.39, 0.29) is 0 Å². The minimum Gasteiger partial charge on any atom is -0.256 e. The van der Waals surface area contributed by atoms with Gasteiger partial charge in [0, 0.05) is 17.3 Å².